The monoisotopic (exact) mass is 313 g/mol. The van der Waals surface area contributed by atoms with Crippen LogP contribution in [-0.4, -0.2) is 16.5 Å². The molecule has 2 rings (SSSR count). The summed E-state index contributed by atoms with van der Waals surface area (Å²) in [7, 11) is 0. The maximum atomic E-state index is 11.2. The van der Waals surface area contributed by atoms with Crippen molar-refractivity contribution < 1.29 is 4.79 Å². The highest BCUT2D eigenvalue weighted by atomic mass is 79.9. The third-order valence-electron chi connectivity index (χ3n) is 2.86. The number of nitrogens with one attached hydrogen (secondary N) is 1. The van der Waals surface area contributed by atoms with Gasteiger partial charge in [-0.2, -0.15) is 0 Å². The van der Waals surface area contributed by atoms with Gasteiger partial charge in [-0.05, 0) is 37.1 Å². The SMILES string of the molecule is O=C(CBr)Nc1ccc(SC2CCCC2)cc1. The van der Waals surface area contributed by atoms with E-state index in [9.17, 15) is 4.79 Å². The fourth-order valence-corrected chi connectivity index (χ4v) is 3.40. The van der Waals surface area contributed by atoms with E-state index in [-0.39, 0.29) is 5.91 Å². The minimum Gasteiger partial charge on any atom is -0.325 e. The lowest BCUT2D eigenvalue weighted by Crippen LogP contribution is -2.11. The standard InChI is InChI=1S/C13H16BrNOS/c14-9-13(16)15-10-5-7-12(8-6-10)17-11-3-1-2-4-11/h5-8,11H,1-4,9H2,(H,15,16). The molecule has 0 spiro atoms. The number of carbonyl (C=O) groups is 1. The van der Waals surface area contributed by atoms with E-state index in [0.717, 1.165) is 10.9 Å². The molecule has 2 nitrogen and oxygen atoms in total. The van der Waals surface area contributed by atoms with Crippen molar-refractivity contribution >= 4 is 39.3 Å². The molecule has 4 heteroatoms. The van der Waals surface area contributed by atoms with E-state index in [1.165, 1.54) is 30.6 Å². The van der Waals surface area contributed by atoms with Gasteiger partial charge in [0.05, 0.1) is 5.33 Å². The van der Waals surface area contributed by atoms with Crippen LogP contribution in [0.1, 0.15) is 25.7 Å². The Kier molecular flexibility index (Phi) is 4.92. The molecule has 0 aromatic heterocycles. The summed E-state index contributed by atoms with van der Waals surface area (Å²) in [6.07, 6.45) is 5.42. The summed E-state index contributed by atoms with van der Waals surface area (Å²) in [5.41, 5.74) is 0.866. The van der Waals surface area contributed by atoms with E-state index in [4.69, 9.17) is 0 Å². The number of anilines is 1. The molecular formula is C13H16BrNOS. The summed E-state index contributed by atoms with van der Waals surface area (Å²) < 4.78 is 0. The van der Waals surface area contributed by atoms with Crippen LogP contribution in [0.4, 0.5) is 5.69 Å². The Labute approximate surface area is 115 Å². The van der Waals surface area contributed by atoms with Crippen molar-refractivity contribution in [2.45, 2.75) is 35.8 Å². The highest BCUT2D eigenvalue weighted by Crippen LogP contribution is 2.34. The summed E-state index contributed by atoms with van der Waals surface area (Å²) in [4.78, 5) is 12.5. The minimum absolute atomic E-state index is 0.0128. The molecular weight excluding hydrogens is 298 g/mol. The van der Waals surface area contributed by atoms with E-state index >= 15 is 0 Å². The number of halogens is 1. The average molecular weight is 314 g/mol. The maximum Gasteiger partial charge on any atom is 0.235 e. The number of rotatable bonds is 4. The normalized spacial score (nSPS) is 16.1. The fourth-order valence-electron chi connectivity index (χ4n) is 2.01. The summed E-state index contributed by atoms with van der Waals surface area (Å²) in [6, 6.07) is 8.12. The van der Waals surface area contributed by atoms with Gasteiger partial charge in [-0.25, -0.2) is 0 Å². The lowest BCUT2D eigenvalue weighted by molar-refractivity contribution is -0.113. The van der Waals surface area contributed by atoms with Crippen molar-refractivity contribution in [1.82, 2.24) is 0 Å². The number of amides is 1. The first kappa shape index (κ1) is 13.0. The van der Waals surface area contributed by atoms with Crippen molar-refractivity contribution in [3.8, 4) is 0 Å². The zero-order valence-corrected chi connectivity index (χ0v) is 12.0. The first-order chi connectivity index (χ1) is 8.28. The van der Waals surface area contributed by atoms with Crippen molar-refractivity contribution in [2.75, 3.05) is 10.6 Å². The van der Waals surface area contributed by atoms with Crippen LogP contribution < -0.4 is 5.32 Å². The summed E-state index contributed by atoms with van der Waals surface area (Å²) in [5.74, 6) is -0.0128. The molecule has 0 aliphatic heterocycles. The number of carbonyl (C=O) groups excluding carboxylic acids is 1. The minimum atomic E-state index is -0.0128. The van der Waals surface area contributed by atoms with Crippen molar-refractivity contribution in [1.29, 1.82) is 0 Å². The molecule has 0 atom stereocenters. The van der Waals surface area contributed by atoms with E-state index in [0.29, 0.717) is 5.33 Å². The number of alkyl halides is 1. The molecule has 1 amide bonds. The smallest absolute Gasteiger partial charge is 0.235 e. The van der Waals surface area contributed by atoms with Gasteiger partial charge in [0.1, 0.15) is 0 Å². The van der Waals surface area contributed by atoms with E-state index in [1.54, 1.807) is 0 Å². The molecule has 92 valence electrons. The number of hydrogen-bond acceptors (Lipinski definition) is 2. The van der Waals surface area contributed by atoms with Crippen molar-refractivity contribution in [3.63, 3.8) is 0 Å². The Balaban J connectivity index is 1.90. The Morgan fingerprint density at radius 2 is 1.94 bits per heavy atom. The summed E-state index contributed by atoms with van der Waals surface area (Å²) in [6.45, 7) is 0. The second kappa shape index (κ2) is 6.45. The molecule has 1 aromatic carbocycles. The van der Waals surface area contributed by atoms with Gasteiger partial charge < -0.3 is 5.32 Å². The molecule has 0 heterocycles. The van der Waals surface area contributed by atoms with Crippen molar-refractivity contribution in [2.24, 2.45) is 0 Å². The lowest BCUT2D eigenvalue weighted by Gasteiger charge is -2.09. The van der Waals surface area contributed by atoms with Gasteiger partial charge >= 0.3 is 0 Å². The molecule has 1 aromatic rings. The summed E-state index contributed by atoms with van der Waals surface area (Å²) in [5, 5.41) is 3.95. The number of benzene rings is 1. The highest BCUT2D eigenvalue weighted by Gasteiger charge is 2.15. The Morgan fingerprint density at radius 3 is 2.53 bits per heavy atom. The van der Waals surface area contributed by atoms with Gasteiger partial charge in [0.15, 0.2) is 0 Å². The lowest BCUT2D eigenvalue weighted by atomic mass is 10.3. The van der Waals surface area contributed by atoms with Crippen LogP contribution >= 0.6 is 27.7 Å². The topological polar surface area (TPSA) is 29.1 Å². The van der Waals surface area contributed by atoms with E-state index < -0.39 is 0 Å². The van der Waals surface area contributed by atoms with Gasteiger partial charge in [-0.3, -0.25) is 4.79 Å². The predicted octanol–water partition coefficient (Wildman–Crippen LogP) is 4.05. The van der Waals surface area contributed by atoms with Crippen LogP contribution in [0.15, 0.2) is 29.2 Å². The van der Waals surface area contributed by atoms with E-state index in [1.807, 2.05) is 23.9 Å². The van der Waals surface area contributed by atoms with Gasteiger partial charge in [0.2, 0.25) is 5.91 Å². The first-order valence-electron chi connectivity index (χ1n) is 5.90. The van der Waals surface area contributed by atoms with E-state index in [2.05, 4.69) is 33.4 Å². The van der Waals surface area contributed by atoms with Gasteiger partial charge in [0, 0.05) is 15.8 Å². The Hall–Kier alpha value is -0.480. The van der Waals surface area contributed by atoms with Gasteiger partial charge in [-0.15, -0.1) is 11.8 Å². The quantitative estimate of drug-likeness (QED) is 0.849. The largest absolute Gasteiger partial charge is 0.325 e. The van der Waals surface area contributed by atoms with Crippen LogP contribution in [0.2, 0.25) is 0 Å². The van der Waals surface area contributed by atoms with Crippen molar-refractivity contribution in [3.05, 3.63) is 24.3 Å². The molecule has 1 aliphatic rings. The molecule has 1 N–H and O–H groups in total. The molecule has 0 bridgehead atoms. The predicted molar refractivity (Wildman–Crippen MR) is 77.0 cm³/mol. The second-order valence-electron chi connectivity index (χ2n) is 4.23. The molecule has 0 radical (unpaired) electrons. The zero-order chi connectivity index (χ0) is 12.1. The molecule has 1 fully saturated rings. The molecule has 0 unspecified atom stereocenters. The first-order valence-corrected chi connectivity index (χ1v) is 7.90. The van der Waals surface area contributed by atoms with Crippen LogP contribution in [0.25, 0.3) is 0 Å². The maximum absolute atomic E-state index is 11.2. The zero-order valence-electron chi connectivity index (χ0n) is 9.62. The van der Waals surface area contributed by atoms with Gasteiger partial charge in [0.25, 0.3) is 0 Å². The van der Waals surface area contributed by atoms with Crippen LogP contribution in [0.5, 0.6) is 0 Å². The third kappa shape index (κ3) is 4.03. The van der Waals surface area contributed by atoms with Crippen LogP contribution in [0.3, 0.4) is 0 Å². The summed E-state index contributed by atoms with van der Waals surface area (Å²) >= 11 is 5.09. The average Bonchev–Trinajstić information content (AvgIpc) is 2.84. The fraction of sp³-hybridized carbons (Fsp3) is 0.462. The van der Waals surface area contributed by atoms with Crippen LogP contribution in [-0.2, 0) is 4.79 Å². The Morgan fingerprint density at radius 1 is 1.29 bits per heavy atom. The number of thioether (sulfide) groups is 1. The third-order valence-corrected chi connectivity index (χ3v) is 4.72. The molecule has 1 saturated carbocycles. The Bertz CT molecular complexity index is 374. The van der Waals surface area contributed by atoms with Crippen LogP contribution in [0, 0.1) is 0 Å². The molecule has 0 saturated heterocycles. The highest BCUT2D eigenvalue weighted by molar-refractivity contribution is 9.09. The number of hydrogen-bond donors (Lipinski definition) is 1. The molecule has 17 heavy (non-hydrogen) atoms. The van der Waals surface area contributed by atoms with Gasteiger partial charge in [-0.1, -0.05) is 28.8 Å². The second-order valence-corrected chi connectivity index (χ2v) is 6.17. The molecule has 1 aliphatic carbocycles.